The fourth-order valence-electron chi connectivity index (χ4n) is 4.08. The van der Waals surface area contributed by atoms with Crippen molar-refractivity contribution in [2.75, 3.05) is 24.5 Å². The van der Waals surface area contributed by atoms with Crippen LogP contribution in [-0.4, -0.2) is 46.4 Å². The molecule has 156 valence electrons. The van der Waals surface area contributed by atoms with E-state index < -0.39 is 24.2 Å². The van der Waals surface area contributed by atoms with Crippen LogP contribution in [0.5, 0.6) is 0 Å². The number of fused-ring (bicyclic) bond motifs is 4. The zero-order valence-electron chi connectivity index (χ0n) is 15.7. The van der Waals surface area contributed by atoms with Crippen molar-refractivity contribution in [2.24, 2.45) is 5.92 Å². The predicted octanol–water partition coefficient (Wildman–Crippen LogP) is 1.71. The molecule has 8 nitrogen and oxygen atoms in total. The number of hydrogen-bond acceptors (Lipinski definition) is 6. The highest BCUT2D eigenvalue weighted by atomic mass is 19.4. The maximum Gasteiger partial charge on any atom is 0.405 e. The monoisotopic (exact) mass is 411 g/mol. The van der Waals surface area contributed by atoms with E-state index in [0.29, 0.717) is 37.9 Å². The van der Waals surface area contributed by atoms with E-state index in [1.54, 1.807) is 11.4 Å². The van der Waals surface area contributed by atoms with Crippen LogP contribution < -0.4 is 15.8 Å². The highest BCUT2D eigenvalue weighted by molar-refractivity contribution is 5.93. The van der Waals surface area contributed by atoms with E-state index in [1.165, 1.54) is 10.6 Å². The van der Waals surface area contributed by atoms with Gasteiger partial charge in [-0.2, -0.15) is 18.2 Å². The molecule has 2 aliphatic rings. The van der Waals surface area contributed by atoms with E-state index in [1.807, 2.05) is 11.8 Å². The van der Waals surface area contributed by atoms with Crippen LogP contribution in [0.15, 0.2) is 21.5 Å². The maximum atomic E-state index is 12.8. The number of hydrogen-bond donors (Lipinski definition) is 1. The maximum absolute atomic E-state index is 12.8. The Bertz CT molecular complexity index is 984. The van der Waals surface area contributed by atoms with E-state index in [9.17, 15) is 22.8 Å². The molecule has 0 aliphatic carbocycles. The first-order chi connectivity index (χ1) is 13.7. The van der Waals surface area contributed by atoms with Crippen LogP contribution in [0.1, 0.15) is 41.2 Å². The molecule has 29 heavy (non-hydrogen) atoms. The molecule has 1 amide bonds. The molecular formula is C18H20F3N5O3. The van der Waals surface area contributed by atoms with Crippen LogP contribution in [0.4, 0.5) is 19.1 Å². The number of nitrogens with zero attached hydrogens (tertiary/aromatic N) is 4. The van der Waals surface area contributed by atoms with Crippen molar-refractivity contribution in [3.8, 4) is 0 Å². The number of carbonyl (C=O) groups is 1. The second-order valence-corrected chi connectivity index (χ2v) is 7.43. The molecule has 0 radical (unpaired) electrons. The summed E-state index contributed by atoms with van der Waals surface area (Å²) in [5, 5.41) is 5.78. The summed E-state index contributed by atoms with van der Waals surface area (Å²) in [5.74, 6) is 0.235. The predicted molar refractivity (Wildman–Crippen MR) is 95.8 cm³/mol. The van der Waals surface area contributed by atoms with Crippen molar-refractivity contribution in [3.63, 3.8) is 0 Å². The average molecular weight is 411 g/mol. The summed E-state index contributed by atoms with van der Waals surface area (Å²) in [6.45, 7) is 2.07. The molecule has 1 saturated heterocycles. The van der Waals surface area contributed by atoms with E-state index in [2.05, 4.69) is 10.1 Å². The fourth-order valence-corrected chi connectivity index (χ4v) is 4.08. The van der Waals surface area contributed by atoms with Gasteiger partial charge in [0, 0.05) is 37.7 Å². The van der Waals surface area contributed by atoms with Gasteiger partial charge in [0.1, 0.15) is 12.1 Å². The minimum Gasteiger partial charge on any atom is -0.343 e. The Morgan fingerprint density at radius 1 is 1.31 bits per heavy atom. The number of carbonyl (C=O) groups excluding carboxylic acids is 1. The molecule has 0 aromatic carbocycles. The molecule has 1 N–H and O–H groups in total. The number of halogens is 3. The van der Waals surface area contributed by atoms with Crippen molar-refractivity contribution in [3.05, 3.63) is 39.6 Å². The number of amides is 1. The lowest BCUT2D eigenvalue weighted by Crippen LogP contribution is -2.48. The number of alkyl halides is 3. The van der Waals surface area contributed by atoms with Crippen LogP contribution in [0.25, 0.3) is 0 Å². The molecular weight excluding hydrogens is 391 g/mol. The van der Waals surface area contributed by atoms with Gasteiger partial charge in [-0.25, -0.2) is 0 Å². The van der Waals surface area contributed by atoms with Crippen LogP contribution in [0.3, 0.4) is 0 Å². The molecule has 4 heterocycles. The molecule has 2 aromatic rings. The number of anilines is 1. The Labute approximate surface area is 163 Å². The number of aromatic nitrogens is 3. The van der Waals surface area contributed by atoms with Crippen molar-refractivity contribution >= 4 is 11.9 Å². The summed E-state index contributed by atoms with van der Waals surface area (Å²) in [4.78, 5) is 31.2. The van der Waals surface area contributed by atoms with Gasteiger partial charge in [-0.3, -0.25) is 9.59 Å². The van der Waals surface area contributed by atoms with E-state index in [0.717, 1.165) is 12.1 Å². The third kappa shape index (κ3) is 3.85. The van der Waals surface area contributed by atoms with Crippen molar-refractivity contribution in [1.29, 1.82) is 0 Å². The zero-order chi connectivity index (χ0) is 20.8. The number of nitrogens with one attached hydrogen (secondary N) is 1. The summed E-state index contributed by atoms with van der Waals surface area (Å²) in [5.41, 5.74) is -0.0683. The number of piperidine rings is 1. The van der Waals surface area contributed by atoms with Crippen molar-refractivity contribution in [1.82, 2.24) is 20.0 Å². The van der Waals surface area contributed by atoms with Crippen LogP contribution in [-0.2, 0) is 13.0 Å². The summed E-state index contributed by atoms with van der Waals surface area (Å²) in [6, 6.07) is 2.96. The third-order valence-corrected chi connectivity index (χ3v) is 5.34. The van der Waals surface area contributed by atoms with Gasteiger partial charge in [0.15, 0.2) is 0 Å². The van der Waals surface area contributed by atoms with Gasteiger partial charge < -0.3 is 19.3 Å². The minimum absolute atomic E-state index is 0.0334. The largest absolute Gasteiger partial charge is 0.405 e. The topological polar surface area (TPSA) is 93.3 Å². The van der Waals surface area contributed by atoms with E-state index >= 15 is 0 Å². The Hall–Kier alpha value is -2.85. The van der Waals surface area contributed by atoms with Gasteiger partial charge in [0.05, 0.1) is 0 Å². The minimum atomic E-state index is -4.53. The first-order valence-electron chi connectivity index (χ1n) is 9.41. The van der Waals surface area contributed by atoms with E-state index in [-0.39, 0.29) is 17.4 Å². The fraction of sp³-hybridized carbons (Fsp3) is 0.556. The highest BCUT2D eigenvalue weighted by Crippen LogP contribution is 2.36. The van der Waals surface area contributed by atoms with Gasteiger partial charge in [-0.05, 0) is 29.6 Å². The Balaban J connectivity index is 1.57. The Morgan fingerprint density at radius 3 is 2.79 bits per heavy atom. The Kier molecular flexibility index (Phi) is 4.83. The molecule has 1 fully saturated rings. The summed E-state index contributed by atoms with van der Waals surface area (Å²) < 4.78 is 43.7. The van der Waals surface area contributed by atoms with Crippen molar-refractivity contribution < 1.29 is 22.5 Å². The Morgan fingerprint density at radius 2 is 2.10 bits per heavy atom. The molecule has 0 saturated carbocycles. The van der Waals surface area contributed by atoms with Crippen LogP contribution >= 0.6 is 0 Å². The second-order valence-electron chi connectivity index (χ2n) is 7.43. The lowest BCUT2D eigenvalue weighted by molar-refractivity contribution is -0.123. The SMILES string of the molecule is CCc1nc(N2C[C@@H]3C[C@H](C2)c2ccc(C(=O)NCC(F)(F)F)c(=O)n2C3)no1. The lowest BCUT2D eigenvalue weighted by Gasteiger charge is -2.42. The molecule has 0 unspecified atom stereocenters. The lowest BCUT2D eigenvalue weighted by atomic mass is 9.83. The molecule has 0 spiro atoms. The van der Waals surface area contributed by atoms with Crippen LogP contribution in [0, 0.1) is 5.92 Å². The number of rotatable bonds is 4. The summed E-state index contributed by atoms with van der Waals surface area (Å²) >= 11 is 0. The summed E-state index contributed by atoms with van der Waals surface area (Å²) in [7, 11) is 0. The first kappa shape index (κ1) is 19.5. The molecule has 2 aromatic heterocycles. The van der Waals surface area contributed by atoms with Gasteiger partial charge in [-0.15, -0.1) is 0 Å². The average Bonchev–Trinajstić information content (AvgIpc) is 3.15. The summed E-state index contributed by atoms with van der Waals surface area (Å²) in [6.07, 6.45) is -3.01. The quantitative estimate of drug-likeness (QED) is 0.824. The standard InChI is InChI=1S/C18H20F3N5O3/c1-2-14-23-17(24-29-14)25-6-10-5-11(8-25)13-4-3-12(16(28)26(13)7-10)15(27)22-9-18(19,20)21/h3-4,10-11H,2,5-9H2,1H3,(H,22,27)/t10-,11+/m0/s1. The van der Waals surface area contributed by atoms with Gasteiger partial charge in [0.25, 0.3) is 17.4 Å². The van der Waals surface area contributed by atoms with Crippen molar-refractivity contribution in [2.45, 2.75) is 38.4 Å². The van der Waals surface area contributed by atoms with Gasteiger partial charge in [0.2, 0.25) is 5.89 Å². The smallest absolute Gasteiger partial charge is 0.343 e. The highest BCUT2D eigenvalue weighted by Gasteiger charge is 2.37. The second kappa shape index (κ2) is 7.20. The van der Waals surface area contributed by atoms with Crippen LogP contribution in [0.2, 0.25) is 0 Å². The molecule has 2 bridgehead atoms. The van der Waals surface area contributed by atoms with E-state index in [4.69, 9.17) is 4.52 Å². The molecule has 11 heteroatoms. The zero-order valence-corrected chi connectivity index (χ0v) is 15.7. The van der Waals surface area contributed by atoms with Gasteiger partial charge >= 0.3 is 6.18 Å². The molecule has 4 rings (SSSR count). The first-order valence-corrected chi connectivity index (χ1v) is 9.41. The number of aryl methyl sites for hydroxylation is 1. The molecule has 2 atom stereocenters. The molecule has 2 aliphatic heterocycles. The number of pyridine rings is 1. The van der Waals surface area contributed by atoms with Gasteiger partial charge in [-0.1, -0.05) is 6.92 Å². The normalized spacial score (nSPS) is 21.0. The third-order valence-electron chi connectivity index (χ3n) is 5.34.